The van der Waals surface area contributed by atoms with Gasteiger partial charge in [-0.2, -0.15) is 0 Å². The van der Waals surface area contributed by atoms with Gasteiger partial charge in [0.2, 0.25) is 0 Å². The second-order valence-electron chi connectivity index (χ2n) is 2.73. The van der Waals surface area contributed by atoms with Crippen LogP contribution in [0.3, 0.4) is 0 Å². The normalized spacial score (nSPS) is 10.4. The maximum Gasteiger partial charge on any atom is 0.278 e. The number of benzene rings is 1. The maximum absolute atomic E-state index is 11.3. The highest BCUT2D eigenvalue weighted by atomic mass is 127. The van der Waals surface area contributed by atoms with Gasteiger partial charge < -0.3 is 4.74 Å². The van der Waals surface area contributed by atoms with Crippen LogP contribution >= 0.6 is 22.9 Å². The van der Waals surface area contributed by atoms with E-state index in [0.29, 0.717) is 0 Å². The van der Waals surface area contributed by atoms with Crippen LogP contribution in [0.5, 0.6) is 5.75 Å². The van der Waals surface area contributed by atoms with Crippen molar-refractivity contribution in [3.8, 4) is 5.75 Å². The van der Waals surface area contributed by atoms with Crippen LogP contribution in [0, 0.1) is 0 Å². The molecule has 1 heterocycles. The summed E-state index contributed by atoms with van der Waals surface area (Å²) in [7, 11) is 1.59. The molecule has 0 fully saturated rings. The van der Waals surface area contributed by atoms with E-state index in [0.717, 1.165) is 16.8 Å². The number of fused-ring (bicyclic) bond motifs is 1. The molecular weight excluding hydrogens is 295 g/mol. The molecular formula is C9H7IN2O2. The molecule has 0 aliphatic heterocycles. The fourth-order valence-corrected chi connectivity index (χ4v) is 1.70. The molecule has 0 atom stereocenters. The average molecular weight is 302 g/mol. The summed E-state index contributed by atoms with van der Waals surface area (Å²) >= 11 is 1.94. The van der Waals surface area contributed by atoms with Crippen molar-refractivity contribution in [1.82, 2.24) is 7.76 Å². The third-order valence-corrected chi connectivity index (χ3v) is 2.90. The molecule has 14 heavy (non-hydrogen) atoms. The lowest BCUT2D eigenvalue weighted by Crippen LogP contribution is -2.11. The number of hydrogen-bond donors (Lipinski definition) is 0. The first kappa shape index (κ1) is 9.45. The first-order chi connectivity index (χ1) is 6.72. The predicted octanol–water partition coefficient (Wildman–Crippen LogP) is 1.60. The Bertz CT molecular complexity index is 536. The molecule has 0 radical (unpaired) electrons. The molecule has 1 aromatic heterocycles. The second-order valence-corrected chi connectivity index (χ2v) is 3.70. The van der Waals surface area contributed by atoms with E-state index in [9.17, 15) is 4.79 Å². The van der Waals surface area contributed by atoms with Crippen LogP contribution in [-0.4, -0.2) is 14.9 Å². The third kappa shape index (κ3) is 1.47. The van der Waals surface area contributed by atoms with Gasteiger partial charge in [0.15, 0.2) is 0 Å². The van der Waals surface area contributed by atoms with Crippen molar-refractivity contribution in [3.05, 3.63) is 34.7 Å². The van der Waals surface area contributed by atoms with Crippen LogP contribution in [0.25, 0.3) is 11.0 Å². The molecule has 0 saturated carbocycles. The summed E-state index contributed by atoms with van der Waals surface area (Å²) in [4.78, 5) is 15.3. The minimum absolute atomic E-state index is 0.133. The summed E-state index contributed by atoms with van der Waals surface area (Å²) < 4.78 is 6.59. The summed E-state index contributed by atoms with van der Waals surface area (Å²) in [5.41, 5.74) is 1.41. The largest absolute Gasteiger partial charge is 0.497 e. The minimum atomic E-state index is -0.133. The first-order valence-corrected chi connectivity index (χ1v) is 4.91. The van der Waals surface area contributed by atoms with Gasteiger partial charge in [-0.15, -0.1) is 0 Å². The Morgan fingerprint density at radius 1 is 1.50 bits per heavy atom. The quantitative estimate of drug-likeness (QED) is 0.752. The molecule has 5 heteroatoms. The Balaban J connectivity index is 2.84. The van der Waals surface area contributed by atoms with Crippen LogP contribution in [0.2, 0.25) is 0 Å². The van der Waals surface area contributed by atoms with Crippen molar-refractivity contribution < 1.29 is 4.74 Å². The van der Waals surface area contributed by atoms with E-state index in [-0.39, 0.29) is 5.56 Å². The topological polar surface area (TPSA) is 44.1 Å². The van der Waals surface area contributed by atoms with E-state index >= 15 is 0 Å². The third-order valence-electron chi connectivity index (χ3n) is 1.90. The van der Waals surface area contributed by atoms with Gasteiger partial charge in [0.05, 0.1) is 47.2 Å². The highest BCUT2D eigenvalue weighted by Crippen LogP contribution is 2.18. The Labute approximate surface area is 94.0 Å². The number of halogens is 1. The number of nitrogens with zero attached hydrogens (tertiary/aromatic N) is 2. The van der Waals surface area contributed by atoms with Crippen molar-refractivity contribution in [3.63, 3.8) is 0 Å². The van der Waals surface area contributed by atoms with Gasteiger partial charge in [-0.25, -0.2) is 7.76 Å². The zero-order valence-corrected chi connectivity index (χ0v) is 9.56. The van der Waals surface area contributed by atoms with Crippen molar-refractivity contribution in [2.24, 2.45) is 0 Å². The number of aromatic nitrogens is 2. The fourth-order valence-electron chi connectivity index (χ4n) is 1.19. The smallest absolute Gasteiger partial charge is 0.278 e. The van der Waals surface area contributed by atoms with Crippen molar-refractivity contribution in [2.45, 2.75) is 0 Å². The number of rotatable bonds is 1. The lowest BCUT2D eigenvalue weighted by atomic mass is 10.3. The molecule has 2 rings (SSSR count). The summed E-state index contributed by atoms with van der Waals surface area (Å²) in [6.07, 6.45) is 1.31. The van der Waals surface area contributed by atoms with Gasteiger partial charge in [0.1, 0.15) is 5.75 Å². The molecule has 2 aromatic rings. The van der Waals surface area contributed by atoms with Crippen LogP contribution in [0.15, 0.2) is 29.2 Å². The van der Waals surface area contributed by atoms with Gasteiger partial charge >= 0.3 is 0 Å². The fraction of sp³-hybridized carbons (Fsp3) is 0.111. The molecule has 0 aliphatic rings. The molecule has 1 aromatic carbocycles. The molecule has 0 bridgehead atoms. The molecule has 72 valence electrons. The van der Waals surface area contributed by atoms with E-state index in [1.165, 1.54) is 8.98 Å². The molecule has 0 N–H and O–H groups in total. The summed E-state index contributed by atoms with van der Waals surface area (Å²) in [5.74, 6) is 0.718. The van der Waals surface area contributed by atoms with Crippen LogP contribution in [-0.2, 0) is 0 Å². The van der Waals surface area contributed by atoms with Gasteiger partial charge in [-0.3, -0.25) is 4.79 Å². The zero-order valence-electron chi connectivity index (χ0n) is 7.40. The van der Waals surface area contributed by atoms with E-state index in [1.807, 2.05) is 35.0 Å². The number of ether oxygens (including phenoxy) is 1. The number of methoxy groups -OCH3 is 1. The standard InChI is InChI=1S/C9H7IN2O2/c1-14-6-2-3-7-8(4-6)12(10)9(13)5-11-7/h2-5H,1H3. The SMILES string of the molecule is COc1ccc2ncc(=O)n(I)c2c1. The lowest BCUT2D eigenvalue weighted by molar-refractivity contribution is 0.415. The summed E-state index contributed by atoms with van der Waals surface area (Å²) in [5, 5.41) is 0. The van der Waals surface area contributed by atoms with Crippen molar-refractivity contribution >= 4 is 33.9 Å². The Morgan fingerprint density at radius 2 is 2.29 bits per heavy atom. The second kappa shape index (κ2) is 3.56. The molecule has 0 saturated heterocycles. The molecule has 0 spiro atoms. The summed E-state index contributed by atoms with van der Waals surface area (Å²) in [6.45, 7) is 0. The van der Waals surface area contributed by atoms with Gasteiger partial charge in [0.25, 0.3) is 5.56 Å². The lowest BCUT2D eigenvalue weighted by Gasteiger charge is -2.03. The average Bonchev–Trinajstić information content (AvgIpc) is 2.23. The van der Waals surface area contributed by atoms with Crippen LogP contribution in [0.4, 0.5) is 0 Å². The maximum atomic E-state index is 11.3. The highest BCUT2D eigenvalue weighted by molar-refractivity contribution is 14.1. The van der Waals surface area contributed by atoms with E-state index in [2.05, 4.69) is 4.98 Å². The predicted molar refractivity (Wildman–Crippen MR) is 62.0 cm³/mol. The summed E-state index contributed by atoms with van der Waals surface area (Å²) in [6, 6.07) is 5.43. The number of hydrogen-bond acceptors (Lipinski definition) is 3. The minimum Gasteiger partial charge on any atom is -0.497 e. The van der Waals surface area contributed by atoms with Gasteiger partial charge in [-0.1, -0.05) is 0 Å². The van der Waals surface area contributed by atoms with Crippen LogP contribution < -0.4 is 10.3 Å². The van der Waals surface area contributed by atoms with Gasteiger partial charge in [-0.05, 0) is 12.1 Å². The van der Waals surface area contributed by atoms with E-state index < -0.39 is 0 Å². The first-order valence-electron chi connectivity index (χ1n) is 3.94. The van der Waals surface area contributed by atoms with Gasteiger partial charge in [0, 0.05) is 6.07 Å². The molecule has 4 nitrogen and oxygen atoms in total. The Kier molecular flexibility index (Phi) is 2.40. The van der Waals surface area contributed by atoms with E-state index in [1.54, 1.807) is 13.2 Å². The Hall–Kier alpha value is -1.11. The Morgan fingerprint density at radius 3 is 3.00 bits per heavy atom. The molecule has 0 unspecified atom stereocenters. The van der Waals surface area contributed by atoms with Crippen molar-refractivity contribution in [1.29, 1.82) is 0 Å². The van der Waals surface area contributed by atoms with E-state index in [4.69, 9.17) is 4.74 Å². The zero-order chi connectivity index (χ0) is 10.1. The van der Waals surface area contributed by atoms with Crippen LogP contribution in [0.1, 0.15) is 0 Å². The highest BCUT2D eigenvalue weighted by Gasteiger charge is 2.02. The molecule has 0 aliphatic carbocycles. The van der Waals surface area contributed by atoms with Crippen molar-refractivity contribution in [2.75, 3.05) is 7.11 Å². The molecule has 0 amide bonds. The monoisotopic (exact) mass is 302 g/mol.